The maximum atomic E-state index is 9.24. The molecule has 5 heteroatoms. The SMILES string of the molecule is COc1ccc2nc(N)c(O)nc2c1. The fraction of sp³-hybridized carbons (Fsp3) is 0.111. The molecule has 2 aromatic rings. The van der Waals surface area contributed by atoms with Crippen LogP contribution in [-0.4, -0.2) is 22.2 Å². The van der Waals surface area contributed by atoms with Gasteiger partial charge in [0, 0.05) is 6.07 Å². The van der Waals surface area contributed by atoms with E-state index in [1.807, 2.05) is 0 Å². The average molecular weight is 191 g/mol. The Labute approximate surface area is 80.2 Å². The number of methoxy groups -OCH3 is 1. The second-order valence-corrected chi connectivity index (χ2v) is 2.79. The molecule has 0 bridgehead atoms. The topological polar surface area (TPSA) is 81.3 Å². The predicted octanol–water partition coefficient (Wildman–Crippen LogP) is 0.926. The van der Waals surface area contributed by atoms with E-state index < -0.39 is 0 Å². The smallest absolute Gasteiger partial charge is 0.255 e. The van der Waals surface area contributed by atoms with Crippen LogP contribution in [0.15, 0.2) is 18.2 Å². The zero-order valence-electron chi connectivity index (χ0n) is 7.56. The summed E-state index contributed by atoms with van der Waals surface area (Å²) < 4.78 is 5.01. The summed E-state index contributed by atoms with van der Waals surface area (Å²) in [6.07, 6.45) is 0. The van der Waals surface area contributed by atoms with Crippen molar-refractivity contribution in [2.24, 2.45) is 0 Å². The Morgan fingerprint density at radius 1 is 1.29 bits per heavy atom. The summed E-state index contributed by atoms with van der Waals surface area (Å²) in [6, 6.07) is 5.17. The number of hydrogen-bond acceptors (Lipinski definition) is 5. The zero-order chi connectivity index (χ0) is 10.1. The summed E-state index contributed by atoms with van der Waals surface area (Å²) >= 11 is 0. The molecular formula is C9H9N3O2. The molecule has 0 unspecified atom stereocenters. The van der Waals surface area contributed by atoms with Crippen LogP contribution in [0.25, 0.3) is 11.0 Å². The van der Waals surface area contributed by atoms with Gasteiger partial charge in [-0.1, -0.05) is 0 Å². The van der Waals surface area contributed by atoms with E-state index >= 15 is 0 Å². The molecule has 14 heavy (non-hydrogen) atoms. The molecule has 1 aromatic heterocycles. The van der Waals surface area contributed by atoms with Crippen molar-refractivity contribution in [2.45, 2.75) is 0 Å². The third kappa shape index (κ3) is 1.28. The second-order valence-electron chi connectivity index (χ2n) is 2.79. The normalized spacial score (nSPS) is 10.4. The van der Waals surface area contributed by atoms with Crippen molar-refractivity contribution < 1.29 is 9.84 Å². The first-order chi connectivity index (χ1) is 6.70. The molecule has 1 heterocycles. The Kier molecular flexibility index (Phi) is 1.85. The van der Waals surface area contributed by atoms with Crippen LogP contribution in [0.4, 0.5) is 5.82 Å². The summed E-state index contributed by atoms with van der Waals surface area (Å²) in [5.74, 6) is 0.435. The molecule has 0 aliphatic carbocycles. The first kappa shape index (κ1) is 8.55. The molecule has 0 atom stereocenters. The van der Waals surface area contributed by atoms with Gasteiger partial charge < -0.3 is 15.6 Å². The van der Waals surface area contributed by atoms with E-state index in [0.29, 0.717) is 16.8 Å². The molecule has 3 N–H and O–H groups in total. The van der Waals surface area contributed by atoms with Crippen LogP contribution in [0, 0.1) is 0 Å². The van der Waals surface area contributed by atoms with Crippen molar-refractivity contribution in [3.8, 4) is 11.6 Å². The van der Waals surface area contributed by atoms with Crippen LogP contribution in [0.5, 0.6) is 11.6 Å². The Bertz CT molecular complexity index is 485. The number of hydrogen-bond donors (Lipinski definition) is 2. The van der Waals surface area contributed by atoms with Crippen LogP contribution >= 0.6 is 0 Å². The van der Waals surface area contributed by atoms with Gasteiger partial charge in [0.25, 0.3) is 5.88 Å². The van der Waals surface area contributed by atoms with Crippen LogP contribution in [0.3, 0.4) is 0 Å². The van der Waals surface area contributed by atoms with E-state index in [1.165, 1.54) is 0 Å². The maximum Gasteiger partial charge on any atom is 0.255 e. The summed E-state index contributed by atoms with van der Waals surface area (Å²) in [7, 11) is 1.56. The first-order valence-electron chi connectivity index (χ1n) is 4.01. The van der Waals surface area contributed by atoms with Crippen molar-refractivity contribution in [1.82, 2.24) is 9.97 Å². The third-order valence-corrected chi connectivity index (χ3v) is 1.88. The fourth-order valence-corrected chi connectivity index (χ4v) is 1.17. The van der Waals surface area contributed by atoms with Gasteiger partial charge in [0.15, 0.2) is 5.82 Å². The van der Waals surface area contributed by atoms with Gasteiger partial charge in [-0.15, -0.1) is 0 Å². The largest absolute Gasteiger partial charge is 0.497 e. The number of benzene rings is 1. The summed E-state index contributed by atoms with van der Waals surface area (Å²) in [6.45, 7) is 0. The highest BCUT2D eigenvalue weighted by Gasteiger charge is 2.04. The lowest BCUT2D eigenvalue weighted by atomic mass is 10.3. The minimum absolute atomic E-state index is 0.0302. The Morgan fingerprint density at radius 3 is 2.79 bits per heavy atom. The van der Waals surface area contributed by atoms with Gasteiger partial charge in [-0.25, -0.2) is 9.97 Å². The summed E-state index contributed by atoms with van der Waals surface area (Å²) in [5.41, 5.74) is 6.58. The molecule has 0 aliphatic rings. The van der Waals surface area contributed by atoms with Crippen molar-refractivity contribution in [3.05, 3.63) is 18.2 Å². The van der Waals surface area contributed by atoms with Gasteiger partial charge in [0.05, 0.1) is 18.1 Å². The standard InChI is InChI=1S/C9H9N3O2/c1-14-5-2-3-6-7(4-5)12-9(13)8(10)11-6/h2-4H,1H3,(H2,10,11)(H,12,13). The summed E-state index contributed by atoms with van der Waals surface area (Å²) in [5, 5.41) is 9.24. The lowest BCUT2D eigenvalue weighted by Crippen LogP contribution is -1.94. The molecule has 72 valence electrons. The average Bonchev–Trinajstić information content (AvgIpc) is 2.19. The van der Waals surface area contributed by atoms with Crippen molar-refractivity contribution >= 4 is 16.9 Å². The molecular weight excluding hydrogens is 182 g/mol. The van der Waals surface area contributed by atoms with E-state index in [2.05, 4.69) is 9.97 Å². The number of fused-ring (bicyclic) bond motifs is 1. The van der Waals surface area contributed by atoms with Crippen LogP contribution in [0.1, 0.15) is 0 Å². The number of rotatable bonds is 1. The van der Waals surface area contributed by atoms with Gasteiger partial charge in [-0.3, -0.25) is 0 Å². The highest BCUT2D eigenvalue weighted by Crippen LogP contribution is 2.22. The number of anilines is 1. The third-order valence-electron chi connectivity index (χ3n) is 1.88. The molecule has 0 spiro atoms. The molecule has 0 radical (unpaired) electrons. The maximum absolute atomic E-state index is 9.24. The van der Waals surface area contributed by atoms with Crippen LogP contribution in [-0.2, 0) is 0 Å². The van der Waals surface area contributed by atoms with E-state index in [1.54, 1.807) is 25.3 Å². The summed E-state index contributed by atoms with van der Waals surface area (Å²) in [4.78, 5) is 7.83. The van der Waals surface area contributed by atoms with Gasteiger partial charge in [0.2, 0.25) is 0 Å². The minimum Gasteiger partial charge on any atom is -0.497 e. The van der Waals surface area contributed by atoms with Crippen molar-refractivity contribution in [1.29, 1.82) is 0 Å². The highest BCUT2D eigenvalue weighted by molar-refractivity contribution is 5.78. The zero-order valence-corrected chi connectivity index (χ0v) is 7.56. The number of ether oxygens (including phenoxy) is 1. The number of nitrogens with two attached hydrogens (primary N) is 1. The second kappa shape index (κ2) is 3.02. The minimum atomic E-state index is -0.259. The number of nitrogens with zero attached hydrogens (tertiary/aromatic N) is 2. The van der Waals surface area contributed by atoms with Gasteiger partial charge in [-0.2, -0.15) is 0 Å². The molecule has 0 aliphatic heterocycles. The predicted molar refractivity (Wildman–Crippen MR) is 52.2 cm³/mol. The van der Waals surface area contributed by atoms with Crippen LogP contribution in [0.2, 0.25) is 0 Å². The Morgan fingerprint density at radius 2 is 2.07 bits per heavy atom. The van der Waals surface area contributed by atoms with Gasteiger partial charge in [0.1, 0.15) is 5.75 Å². The van der Waals surface area contributed by atoms with E-state index in [4.69, 9.17) is 10.5 Å². The van der Waals surface area contributed by atoms with Gasteiger partial charge >= 0.3 is 0 Å². The van der Waals surface area contributed by atoms with Gasteiger partial charge in [-0.05, 0) is 12.1 Å². The number of aromatic nitrogens is 2. The number of nitrogen functional groups attached to an aromatic ring is 1. The molecule has 1 aromatic carbocycles. The van der Waals surface area contributed by atoms with Crippen molar-refractivity contribution in [2.75, 3.05) is 12.8 Å². The lowest BCUT2D eigenvalue weighted by molar-refractivity contribution is 0.415. The lowest BCUT2D eigenvalue weighted by Gasteiger charge is -2.02. The van der Waals surface area contributed by atoms with Crippen molar-refractivity contribution in [3.63, 3.8) is 0 Å². The van der Waals surface area contributed by atoms with E-state index in [0.717, 1.165) is 0 Å². The Balaban J connectivity index is 2.70. The molecule has 5 nitrogen and oxygen atoms in total. The number of aromatic hydroxyl groups is 1. The van der Waals surface area contributed by atoms with Crippen LogP contribution < -0.4 is 10.5 Å². The van der Waals surface area contributed by atoms with E-state index in [-0.39, 0.29) is 11.7 Å². The quantitative estimate of drug-likeness (QED) is 0.700. The molecule has 2 rings (SSSR count). The monoisotopic (exact) mass is 191 g/mol. The molecule has 0 saturated carbocycles. The first-order valence-corrected chi connectivity index (χ1v) is 4.01. The Hall–Kier alpha value is -2.04. The highest BCUT2D eigenvalue weighted by atomic mass is 16.5. The van der Waals surface area contributed by atoms with E-state index in [9.17, 15) is 5.11 Å². The molecule has 0 saturated heterocycles. The molecule has 0 fully saturated rings. The fourth-order valence-electron chi connectivity index (χ4n) is 1.17. The molecule has 0 amide bonds.